The number of amides is 1. The number of nitrogens with one attached hydrogen (secondary N) is 1. The van der Waals surface area contributed by atoms with Crippen molar-refractivity contribution in [3.8, 4) is 5.75 Å². The van der Waals surface area contributed by atoms with Gasteiger partial charge >= 0.3 is 0 Å². The third-order valence-electron chi connectivity index (χ3n) is 5.91. The maximum absolute atomic E-state index is 13.2. The monoisotopic (exact) mass is 437 g/mol. The number of H-pyrrole nitrogens is 1. The lowest BCUT2D eigenvalue weighted by molar-refractivity contribution is 0.0623. The first kappa shape index (κ1) is 21.3. The molecule has 0 bridgehead atoms. The van der Waals surface area contributed by atoms with Gasteiger partial charge in [0.25, 0.3) is 11.5 Å². The van der Waals surface area contributed by atoms with Gasteiger partial charge in [-0.2, -0.15) is 0 Å². The quantitative estimate of drug-likeness (QED) is 0.620. The summed E-state index contributed by atoms with van der Waals surface area (Å²) in [5.74, 6) is 1.68. The van der Waals surface area contributed by atoms with E-state index in [0.29, 0.717) is 45.4 Å². The summed E-state index contributed by atoms with van der Waals surface area (Å²) in [6.07, 6.45) is 1.14. The summed E-state index contributed by atoms with van der Waals surface area (Å²) in [6.45, 7) is 6.18. The van der Waals surface area contributed by atoms with E-state index in [1.54, 1.807) is 25.3 Å². The van der Waals surface area contributed by atoms with Gasteiger partial charge in [0.1, 0.15) is 5.75 Å². The largest absolute Gasteiger partial charge is 0.496 e. The number of hydrogen-bond donors (Lipinski definition) is 1. The van der Waals surface area contributed by atoms with Crippen LogP contribution in [-0.2, 0) is 6.54 Å². The second-order valence-corrected chi connectivity index (χ2v) is 8.94. The molecule has 0 aliphatic carbocycles. The zero-order valence-corrected chi connectivity index (χ0v) is 18.9. The minimum absolute atomic E-state index is 0.00202. The molecule has 0 radical (unpaired) electrons. The second kappa shape index (κ2) is 8.67. The van der Waals surface area contributed by atoms with Crippen LogP contribution in [0.2, 0.25) is 0 Å². The fraction of sp³-hybridized carbons (Fsp3) is 0.375. The van der Waals surface area contributed by atoms with Crippen LogP contribution in [0.5, 0.6) is 5.75 Å². The van der Waals surface area contributed by atoms with E-state index in [2.05, 4.69) is 18.8 Å². The van der Waals surface area contributed by atoms with Gasteiger partial charge in [-0.25, -0.2) is 0 Å². The molecule has 2 atom stereocenters. The van der Waals surface area contributed by atoms with Gasteiger partial charge in [0, 0.05) is 24.2 Å². The van der Waals surface area contributed by atoms with Gasteiger partial charge in [-0.3, -0.25) is 14.2 Å². The van der Waals surface area contributed by atoms with E-state index in [-0.39, 0.29) is 11.5 Å². The number of piperidine rings is 1. The highest BCUT2D eigenvalue weighted by Crippen LogP contribution is 2.23. The number of nitrogens with zero attached hydrogens (tertiary/aromatic N) is 2. The molecule has 2 aromatic carbocycles. The van der Waals surface area contributed by atoms with Crippen LogP contribution in [-0.4, -0.2) is 40.6 Å². The Labute approximate surface area is 186 Å². The highest BCUT2D eigenvalue weighted by molar-refractivity contribution is 7.71. The molecule has 31 heavy (non-hydrogen) atoms. The van der Waals surface area contributed by atoms with E-state index in [9.17, 15) is 9.59 Å². The number of hydrogen-bond acceptors (Lipinski definition) is 4. The number of fused-ring (bicyclic) bond motifs is 1. The number of likely N-dealkylation sites (tertiary alicyclic amines) is 1. The summed E-state index contributed by atoms with van der Waals surface area (Å²) in [4.78, 5) is 31.3. The molecule has 0 spiro atoms. The molecule has 1 N–H and O–H groups in total. The Morgan fingerprint density at radius 2 is 1.87 bits per heavy atom. The molecule has 3 aromatic rings. The molecule has 1 saturated heterocycles. The summed E-state index contributed by atoms with van der Waals surface area (Å²) in [5, 5.41) is 0.500. The molecule has 2 unspecified atom stereocenters. The third kappa shape index (κ3) is 4.28. The Balaban J connectivity index is 1.69. The summed E-state index contributed by atoms with van der Waals surface area (Å²) >= 11 is 5.48. The van der Waals surface area contributed by atoms with Gasteiger partial charge < -0.3 is 14.6 Å². The molecule has 4 rings (SSSR count). The van der Waals surface area contributed by atoms with Crippen LogP contribution in [0.15, 0.2) is 47.3 Å². The van der Waals surface area contributed by atoms with Crippen molar-refractivity contribution in [2.75, 3.05) is 20.2 Å². The van der Waals surface area contributed by atoms with E-state index < -0.39 is 0 Å². The molecular formula is C24H27N3O3S. The standard InChI is InChI=1S/C24H27N3O3S/c1-15-10-16(2)13-26(12-15)22(28)17-8-9-19-20(11-17)25-24(31)27(23(19)29)14-18-6-4-5-7-21(18)30-3/h4-9,11,15-16H,10,12-14H2,1-3H3,(H,25,31). The lowest BCUT2D eigenvalue weighted by Gasteiger charge is -2.35. The zero-order chi connectivity index (χ0) is 22.1. The first-order chi connectivity index (χ1) is 14.9. The number of rotatable bonds is 4. The van der Waals surface area contributed by atoms with E-state index >= 15 is 0 Å². The van der Waals surface area contributed by atoms with Crippen molar-refractivity contribution < 1.29 is 9.53 Å². The fourth-order valence-corrected chi connectivity index (χ4v) is 4.80. The molecule has 1 fully saturated rings. The molecule has 1 amide bonds. The predicted octanol–water partition coefficient (Wildman–Crippen LogP) is 4.23. The molecule has 2 heterocycles. The normalized spacial score (nSPS) is 18.9. The number of ether oxygens (including phenoxy) is 1. The van der Waals surface area contributed by atoms with Crippen LogP contribution in [0.3, 0.4) is 0 Å². The van der Waals surface area contributed by atoms with Crippen LogP contribution in [0, 0.1) is 16.6 Å². The number of methoxy groups -OCH3 is 1. The Hall–Kier alpha value is -2.93. The summed E-state index contributed by atoms with van der Waals surface area (Å²) in [6, 6.07) is 12.7. The van der Waals surface area contributed by atoms with Crippen LogP contribution >= 0.6 is 12.2 Å². The lowest BCUT2D eigenvalue weighted by atomic mass is 9.91. The van der Waals surface area contributed by atoms with Crippen LogP contribution in [0.4, 0.5) is 0 Å². The number of aromatic nitrogens is 2. The molecule has 0 saturated carbocycles. The van der Waals surface area contributed by atoms with Gasteiger partial charge in [0.05, 0.1) is 24.6 Å². The summed E-state index contributed by atoms with van der Waals surface area (Å²) < 4.78 is 7.23. The first-order valence-electron chi connectivity index (χ1n) is 10.6. The van der Waals surface area contributed by atoms with Crippen molar-refractivity contribution in [2.45, 2.75) is 26.8 Å². The molecular weight excluding hydrogens is 410 g/mol. The predicted molar refractivity (Wildman–Crippen MR) is 124 cm³/mol. The average Bonchev–Trinajstić information content (AvgIpc) is 2.75. The Bertz CT molecular complexity index is 1240. The molecule has 1 aliphatic rings. The van der Waals surface area contributed by atoms with Gasteiger partial charge in [-0.05, 0) is 54.7 Å². The Morgan fingerprint density at radius 3 is 2.58 bits per heavy atom. The number of para-hydroxylation sites is 1. The fourth-order valence-electron chi connectivity index (χ4n) is 4.55. The molecule has 1 aliphatic heterocycles. The van der Waals surface area contributed by atoms with E-state index in [4.69, 9.17) is 17.0 Å². The van der Waals surface area contributed by atoms with Gasteiger partial charge in [-0.15, -0.1) is 0 Å². The molecule has 7 heteroatoms. The van der Waals surface area contributed by atoms with E-state index in [0.717, 1.165) is 25.1 Å². The van der Waals surface area contributed by atoms with Crippen molar-refractivity contribution in [2.24, 2.45) is 11.8 Å². The lowest BCUT2D eigenvalue weighted by Crippen LogP contribution is -2.42. The maximum atomic E-state index is 13.2. The van der Waals surface area contributed by atoms with E-state index in [1.165, 1.54) is 4.57 Å². The summed E-state index contributed by atoms with van der Waals surface area (Å²) in [7, 11) is 1.60. The highest BCUT2D eigenvalue weighted by atomic mass is 32.1. The van der Waals surface area contributed by atoms with Gasteiger partial charge in [0.2, 0.25) is 0 Å². The van der Waals surface area contributed by atoms with Crippen molar-refractivity contribution >= 4 is 29.0 Å². The zero-order valence-electron chi connectivity index (χ0n) is 18.1. The number of carbonyl (C=O) groups excluding carboxylic acids is 1. The Morgan fingerprint density at radius 1 is 1.16 bits per heavy atom. The average molecular weight is 438 g/mol. The van der Waals surface area contributed by atoms with Gasteiger partial charge in [-0.1, -0.05) is 32.0 Å². The second-order valence-electron chi connectivity index (χ2n) is 8.55. The van der Waals surface area contributed by atoms with Gasteiger partial charge in [0.15, 0.2) is 4.77 Å². The third-order valence-corrected chi connectivity index (χ3v) is 6.23. The Kier molecular flexibility index (Phi) is 5.96. The maximum Gasteiger partial charge on any atom is 0.262 e. The topological polar surface area (TPSA) is 67.3 Å². The minimum Gasteiger partial charge on any atom is -0.496 e. The van der Waals surface area contributed by atoms with Crippen LogP contribution < -0.4 is 10.3 Å². The van der Waals surface area contributed by atoms with Crippen molar-refractivity contribution in [1.82, 2.24) is 14.5 Å². The van der Waals surface area contributed by atoms with Crippen molar-refractivity contribution in [3.05, 3.63) is 68.7 Å². The molecule has 1 aromatic heterocycles. The molecule has 6 nitrogen and oxygen atoms in total. The number of aromatic amines is 1. The summed E-state index contributed by atoms with van der Waals surface area (Å²) in [5.41, 5.74) is 1.83. The number of benzene rings is 2. The minimum atomic E-state index is -0.191. The first-order valence-corrected chi connectivity index (χ1v) is 11.0. The molecule has 162 valence electrons. The smallest absolute Gasteiger partial charge is 0.262 e. The number of carbonyl (C=O) groups is 1. The SMILES string of the molecule is COc1ccccc1Cn1c(=S)[nH]c2cc(C(=O)N3CC(C)CC(C)C3)ccc2c1=O. The van der Waals surface area contributed by atoms with Crippen LogP contribution in [0.1, 0.15) is 36.2 Å². The highest BCUT2D eigenvalue weighted by Gasteiger charge is 2.26. The van der Waals surface area contributed by atoms with Crippen molar-refractivity contribution in [1.29, 1.82) is 0 Å². The van der Waals surface area contributed by atoms with E-state index in [1.807, 2.05) is 29.2 Å². The van der Waals surface area contributed by atoms with Crippen molar-refractivity contribution in [3.63, 3.8) is 0 Å². The van der Waals surface area contributed by atoms with Crippen LogP contribution in [0.25, 0.3) is 10.9 Å².